The van der Waals surface area contributed by atoms with Gasteiger partial charge in [0.25, 0.3) is 0 Å². The first-order valence-electron chi connectivity index (χ1n) is 6.48. The number of rotatable bonds is 7. The Kier molecular flexibility index (Phi) is 5.08. The van der Waals surface area contributed by atoms with Gasteiger partial charge in [-0.3, -0.25) is 0 Å². The van der Waals surface area contributed by atoms with E-state index in [1.807, 2.05) is 11.3 Å². The first-order valence-corrected chi connectivity index (χ1v) is 7.36. The van der Waals surface area contributed by atoms with Gasteiger partial charge >= 0.3 is 0 Å². The fraction of sp³-hybridized carbons (Fsp3) is 0.571. The van der Waals surface area contributed by atoms with Crippen LogP contribution in [0.4, 0.5) is 0 Å². The van der Waals surface area contributed by atoms with Crippen LogP contribution in [0, 0.1) is 0 Å². The first-order chi connectivity index (χ1) is 8.40. The van der Waals surface area contributed by atoms with Crippen molar-refractivity contribution >= 4 is 11.3 Å². The van der Waals surface area contributed by atoms with E-state index in [9.17, 15) is 0 Å². The van der Waals surface area contributed by atoms with Crippen molar-refractivity contribution in [3.05, 3.63) is 34.2 Å². The molecule has 0 radical (unpaired) electrons. The third kappa shape index (κ3) is 3.86. The van der Waals surface area contributed by atoms with Crippen molar-refractivity contribution in [3.8, 4) is 0 Å². The van der Waals surface area contributed by atoms with Crippen LogP contribution in [-0.4, -0.2) is 19.2 Å². The Hall–Kier alpha value is -0.800. The van der Waals surface area contributed by atoms with E-state index >= 15 is 0 Å². The Balaban J connectivity index is 1.77. The van der Waals surface area contributed by atoms with Gasteiger partial charge in [-0.25, -0.2) is 0 Å². The molecule has 0 bridgehead atoms. The van der Waals surface area contributed by atoms with Gasteiger partial charge in [0, 0.05) is 11.3 Å². The van der Waals surface area contributed by atoms with Crippen molar-refractivity contribution in [3.63, 3.8) is 0 Å². The number of likely N-dealkylation sites (N-methyl/N-ethyl adjacent to an activating group) is 1. The fourth-order valence-corrected chi connectivity index (χ4v) is 2.96. The number of nitrogens with one attached hydrogen (secondary N) is 1. The summed E-state index contributed by atoms with van der Waals surface area (Å²) in [5.41, 5.74) is 0. The highest BCUT2D eigenvalue weighted by Crippen LogP contribution is 2.19. The van der Waals surface area contributed by atoms with Gasteiger partial charge in [-0.1, -0.05) is 13.0 Å². The largest absolute Gasteiger partial charge is 0.496 e. The molecule has 0 amide bonds. The highest BCUT2D eigenvalue weighted by atomic mass is 32.1. The van der Waals surface area contributed by atoms with Crippen LogP contribution in [-0.2, 0) is 11.2 Å². The summed E-state index contributed by atoms with van der Waals surface area (Å²) in [6.07, 6.45) is 6.88. The molecule has 1 unspecified atom stereocenters. The molecule has 1 N–H and O–H groups in total. The van der Waals surface area contributed by atoms with Crippen LogP contribution in [0.5, 0.6) is 0 Å². The molecule has 0 fully saturated rings. The van der Waals surface area contributed by atoms with Crippen LogP contribution < -0.4 is 5.32 Å². The van der Waals surface area contributed by atoms with E-state index in [0.29, 0.717) is 6.04 Å². The molecule has 0 aliphatic carbocycles. The lowest BCUT2D eigenvalue weighted by molar-refractivity contribution is 0.211. The van der Waals surface area contributed by atoms with E-state index in [1.54, 1.807) is 0 Å². The van der Waals surface area contributed by atoms with Gasteiger partial charge in [-0.05, 0) is 43.3 Å². The second-order valence-electron chi connectivity index (χ2n) is 4.33. The van der Waals surface area contributed by atoms with Crippen molar-refractivity contribution in [2.45, 2.75) is 38.6 Å². The minimum Gasteiger partial charge on any atom is -0.496 e. The summed E-state index contributed by atoms with van der Waals surface area (Å²) in [6.45, 7) is 4.02. The van der Waals surface area contributed by atoms with Gasteiger partial charge in [0.1, 0.15) is 5.76 Å². The topological polar surface area (TPSA) is 21.3 Å². The number of hydrogen-bond donors (Lipinski definition) is 1. The molecule has 2 rings (SSSR count). The molecule has 3 heteroatoms. The normalized spacial score (nSPS) is 16.6. The molecule has 2 heterocycles. The molecular weight excluding hydrogens is 230 g/mol. The molecule has 0 saturated heterocycles. The lowest BCUT2D eigenvalue weighted by atomic mass is 10.1. The summed E-state index contributed by atoms with van der Waals surface area (Å²) in [6, 6.07) is 4.77. The maximum absolute atomic E-state index is 5.66. The lowest BCUT2D eigenvalue weighted by Gasteiger charge is -2.18. The molecule has 0 saturated carbocycles. The number of ether oxygens (including phenoxy) is 1. The van der Waals surface area contributed by atoms with Crippen LogP contribution >= 0.6 is 11.3 Å². The summed E-state index contributed by atoms with van der Waals surface area (Å²) < 4.78 is 5.66. The van der Waals surface area contributed by atoms with E-state index in [0.717, 1.165) is 31.8 Å². The molecule has 1 aliphatic rings. The van der Waals surface area contributed by atoms with Crippen LogP contribution in [0.1, 0.15) is 31.1 Å². The number of aryl methyl sites for hydroxylation is 1. The molecule has 17 heavy (non-hydrogen) atoms. The zero-order chi connectivity index (χ0) is 11.9. The van der Waals surface area contributed by atoms with Crippen LogP contribution in [0.25, 0.3) is 0 Å². The van der Waals surface area contributed by atoms with Crippen LogP contribution in [0.3, 0.4) is 0 Å². The summed E-state index contributed by atoms with van der Waals surface area (Å²) in [5, 5.41) is 5.67. The smallest absolute Gasteiger partial charge is 0.109 e. The SMILES string of the molecule is CCNC(CCCc1cccs1)C1=CCCO1. The Bertz CT molecular complexity index is 345. The molecule has 1 atom stereocenters. The molecule has 1 aliphatic heterocycles. The number of thiophene rings is 1. The van der Waals surface area contributed by atoms with Gasteiger partial charge < -0.3 is 10.1 Å². The minimum absolute atomic E-state index is 0.419. The van der Waals surface area contributed by atoms with Crippen molar-refractivity contribution < 1.29 is 4.74 Å². The second-order valence-corrected chi connectivity index (χ2v) is 5.36. The van der Waals surface area contributed by atoms with E-state index in [4.69, 9.17) is 4.74 Å². The van der Waals surface area contributed by atoms with Gasteiger partial charge in [0.15, 0.2) is 0 Å². The van der Waals surface area contributed by atoms with Crippen molar-refractivity contribution in [2.24, 2.45) is 0 Å². The van der Waals surface area contributed by atoms with Gasteiger partial charge in [-0.2, -0.15) is 0 Å². The molecule has 2 nitrogen and oxygen atoms in total. The summed E-state index contributed by atoms with van der Waals surface area (Å²) >= 11 is 1.85. The first kappa shape index (κ1) is 12.7. The average molecular weight is 251 g/mol. The quantitative estimate of drug-likeness (QED) is 0.802. The lowest BCUT2D eigenvalue weighted by Crippen LogP contribution is -2.31. The van der Waals surface area contributed by atoms with Crippen LogP contribution in [0.15, 0.2) is 29.3 Å². The second kappa shape index (κ2) is 6.82. The average Bonchev–Trinajstić information content (AvgIpc) is 3.01. The van der Waals surface area contributed by atoms with Gasteiger partial charge in [0.2, 0.25) is 0 Å². The van der Waals surface area contributed by atoms with E-state index in [-0.39, 0.29) is 0 Å². The van der Waals surface area contributed by atoms with Gasteiger partial charge in [0.05, 0.1) is 12.6 Å². The third-order valence-corrected chi connectivity index (χ3v) is 3.96. The van der Waals surface area contributed by atoms with Crippen molar-refractivity contribution in [2.75, 3.05) is 13.2 Å². The third-order valence-electron chi connectivity index (χ3n) is 3.02. The highest BCUT2D eigenvalue weighted by molar-refractivity contribution is 7.09. The molecule has 1 aromatic rings. The van der Waals surface area contributed by atoms with Crippen molar-refractivity contribution in [1.29, 1.82) is 0 Å². The standard InChI is InChI=1S/C14H21NOS/c1-2-15-13(14-9-4-10-16-14)8-3-6-12-7-5-11-17-12/h5,7,9,11,13,15H,2-4,6,8,10H2,1H3. The zero-order valence-electron chi connectivity index (χ0n) is 10.4. The van der Waals surface area contributed by atoms with Crippen LogP contribution in [0.2, 0.25) is 0 Å². The number of hydrogen-bond acceptors (Lipinski definition) is 3. The van der Waals surface area contributed by atoms with Crippen molar-refractivity contribution in [1.82, 2.24) is 5.32 Å². The predicted octanol–water partition coefficient (Wildman–Crippen LogP) is 3.35. The van der Waals surface area contributed by atoms with E-state index in [2.05, 4.69) is 35.8 Å². The Labute approximate surface area is 108 Å². The summed E-state index contributed by atoms with van der Waals surface area (Å²) in [7, 11) is 0. The molecular formula is C14H21NOS. The highest BCUT2D eigenvalue weighted by Gasteiger charge is 2.17. The zero-order valence-corrected chi connectivity index (χ0v) is 11.3. The Morgan fingerprint density at radius 1 is 1.53 bits per heavy atom. The van der Waals surface area contributed by atoms with E-state index in [1.165, 1.54) is 17.7 Å². The maximum atomic E-state index is 5.66. The van der Waals surface area contributed by atoms with E-state index < -0.39 is 0 Å². The fourth-order valence-electron chi connectivity index (χ4n) is 2.21. The Morgan fingerprint density at radius 2 is 2.47 bits per heavy atom. The molecule has 1 aromatic heterocycles. The summed E-state index contributed by atoms with van der Waals surface area (Å²) in [4.78, 5) is 1.49. The molecule has 0 aromatic carbocycles. The van der Waals surface area contributed by atoms with Gasteiger partial charge in [-0.15, -0.1) is 11.3 Å². The summed E-state index contributed by atoms with van der Waals surface area (Å²) in [5.74, 6) is 1.16. The predicted molar refractivity (Wildman–Crippen MR) is 73.4 cm³/mol. The maximum Gasteiger partial charge on any atom is 0.109 e. The minimum atomic E-state index is 0.419. The molecule has 0 spiro atoms. The monoisotopic (exact) mass is 251 g/mol. The Morgan fingerprint density at radius 3 is 3.12 bits per heavy atom. The molecule has 94 valence electrons.